The average Bonchev–Trinajstić information content (AvgIpc) is 2.11. The zero-order valence-electron chi connectivity index (χ0n) is 8.64. The fourth-order valence-corrected chi connectivity index (χ4v) is 1.78. The molecular weight excluding hydrogens is 353 g/mol. The fraction of sp³-hybridized carbons (Fsp3) is 0.455. The van der Waals surface area contributed by atoms with Gasteiger partial charge in [-0.2, -0.15) is 0 Å². The van der Waals surface area contributed by atoms with Crippen LogP contribution in [-0.2, 0) is 0 Å². The first-order chi connectivity index (χ1) is 6.50. The van der Waals surface area contributed by atoms with Gasteiger partial charge in [-0.1, -0.05) is 13.8 Å². The number of halogens is 2. The number of hydrogen-bond donors (Lipinski definition) is 1. The highest BCUT2D eigenvalue weighted by Crippen LogP contribution is 2.23. The van der Waals surface area contributed by atoms with Gasteiger partial charge in [0.05, 0.1) is 0 Å². The van der Waals surface area contributed by atoms with Crippen LogP contribution < -0.4 is 5.32 Å². The van der Waals surface area contributed by atoms with Gasteiger partial charge < -0.3 is 5.32 Å². The second-order valence-corrected chi connectivity index (χ2v) is 5.82. The van der Waals surface area contributed by atoms with Crippen LogP contribution in [0.2, 0.25) is 0 Å². The molecule has 0 aliphatic carbocycles. The summed E-state index contributed by atoms with van der Waals surface area (Å²) in [4.78, 5) is 0. The Morgan fingerprint density at radius 3 is 2.43 bits per heavy atom. The minimum absolute atomic E-state index is 0.506. The lowest BCUT2D eigenvalue weighted by Gasteiger charge is -2.19. The molecule has 0 bridgehead atoms. The van der Waals surface area contributed by atoms with E-state index in [1.54, 1.807) is 0 Å². The van der Waals surface area contributed by atoms with E-state index in [2.05, 4.69) is 82.8 Å². The SMILES string of the molecule is CC(C)C(C)Nc1ccc(Br)c(I)c1. The van der Waals surface area contributed by atoms with Crippen LogP contribution in [0.15, 0.2) is 22.7 Å². The van der Waals surface area contributed by atoms with Crippen LogP contribution in [0.25, 0.3) is 0 Å². The molecule has 14 heavy (non-hydrogen) atoms. The molecule has 0 saturated carbocycles. The van der Waals surface area contributed by atoms with Crippen molar-refractivity contribution in [2.75, 3.05) is 5.32 Å². The summed E-state index contributed by atoms with van der Waals surface area (Å²) in [7, 11) is 0. The summed E-state index contributed by atoms with van der Waals surface area (Å²) in [5.74, 6) is 0.649. The van der Waals surface area contributed by atoms with Crippen LogP contribution in [0.4, 0.5) is 5.69 Å². The van der Waals surface area contributed by atoms with E-state index in [-0.39, 0.29) is 0 Å². The van der Waals surface area contributed by atoms with Gasteiger partial charge in [-0.25, -0.2) is 0 Å². The lowest BCUT2D eigenvalue weighted by atomic mass is 10.1. The van der Waals surface area contributed by atoms with Crippen molar-refractivity contribution in [1.29, 1.82) is 0 Å². The van der Waals surface area contributed by atoms with Gasteiger partial charge in [-0.15, -0.1) is 0 Å². The maximum absolute atomic E-state index is 3.49. The molecule has 0 fully saturated rings. The molecule has 1 rings (SSSR count). The molecule has 0 spiro atoms. The lowest BCUT2D eigenvalue weighted by Crippen LogP contribution is -2.21. The van der Waals surface area contributed by atoms with Crippen molar-refractivity contribution in [2.24, 2.45) is 5.92 Å². The summed E-state index contributed by atoms with van der Waals surface area (Å²) in [6.07, 6.45) is 0. The zero-order valence-corrected chi connectivity index (χ0v) is 12.4. The highest BCUT2D eigenvalue weighted by molar-refractivity contribution is 14.1. The largest absolute Gasteiger partial charge is 0.382 e. The van der Waals surface area contributed by atoms with Crippen LogP contribution in [0.5, 0.6) is 0 Å². The van der Waals surface area contributed by atoms with E-state index in [0.29, 0.717) is 12.0 Å². The molecule has 0 aliphatic heterocycles. The van der Waals surface area contributed by atoms with E-state index >= 15 is 0 Å². The quantitative estimate of drug-likeness (QED) is 0.775. The molecule has 0 amide bonds. The van der Waals surface area contributed by atoms with Crippen LogP contribution >= 0.6 is 38.5 Å². The predicted octanol–water partition coefficient (Wildman–Crippen LogP) is 4.51. The molecular formula is C11H15BrIN. The number of nitrogens with one attached hydrogen (secondary N) is 1. The van der Waals surface area contributed by atoms with Crippen LogP contribution in [-0.4, -0.2) is 6.04 Å². The molecule has 0 aromatic heterocycles. The monoisotopic (exact) mass is 367 g/mol. The molecule has 0 aliphatic rings. The first-order valence-corrected chi connectivity index (χ1v) is 6.59. The van der Waals surface area contributed by atoms with Crippen molar-refractivity contribution < 1.29 is 0 Å². The summed E-state index contributed by atoms with van der Waals surface area (Å²) < 4.78 is 2.39. The average molecular weight is 368 g/mol. The van der Waals surface area contributed by atoms with Gasteiger partial charge in [0, 0.05) is 19.8 Å². The molecule has 1 atom stereocenters. The van der Waals surface area contributed by atoms with Crippen molar-refractivity contribution in [3.63, 3.8) is 0 Å². The Bertz CT molecular complexity index is 312. The molecule has 0 heterocycles. The van der Waals surface area contributed by atoms with E-state index in [0.717, 1.165) is 4.47 Å². The Kier molecular flexibility index (Phi) is 4.70. The Morgan fingerprint density at radius 2 is 1.93 bits per heavy atom. The smallest absolute Gasteiger partial charge is 0.0353 e. The second kappa shape index (κ2) is 5.35. The molecule has 0 radical (unpaired) electrons. The van der Waals surface area contributed by atoms with E-state index in [1.165, 1.54) is 9.26 Å². The van der Waals surface area contributed by atoms with Crippen LogP contribution in [0, 0.1) is 9.49 Å². The number of rotatable bonds is 3. The highest BCUT2D eigenvalue weighted by atomic mass is 127. The molecule has 1 aromatic carbocycles. The molecule has 1 unspecified atom stereocenters. The summed E-state index contributed by atoms with van der Waals surface area (Å²) >= 11 is 5.82. The van der Waals surface area contributed by atoms with Crippen LogP contribution in [0.3, 0.4) is 0 Å². The topological polar surface area (TPSA) is 12.0 Å². The van der Waals surface area contributed by atoms with Gasteiger partial charge in [0.15, 0.2) is 0 Å². The Balaban J connectivity index is 2.73. The van der Waals surface area contributed by atoms with Crippen molar-refractivity contribution in [2.45, 2.75) is 26.8 Å². The second-order valence-electron chi connectivity index (χ2n) is 3.81. The third-order valence-electron chi connectivity index (χ3n) is 2.31. The van der Waals surface area contributed by atoms with Crippen molar-refractivity contribution >= 4 is 44.2 Å². The van der Waals surface area contributed by atoms with Gasteiger partial charge in [0.1, 0.15) is 0 Å². The Morgan fingerprint density at radius 1 is 1.29 bits per heavy atom. The van der Waals surface area contributed by atoms with Gasteiger partial charge >= 0.3 is 0 Å². The van der Waals surface area contributed by atoms with E-state index in [4.69, 9.17) is 0 Å². The molecule has 1 N–H and O–H groups in total. The third kappa shape index (κ3) is 3.42. The number of anilines is 1. The number of hydrogen-bond acceptors (Lipinski definition) is 1. The summed E-state index contributed by atoms with van der Waals surface area (Å²) in [5, 5.41) is 3.48. The molecule has 1 nitrogen and oxygen atoms in total. The third-order valence-corrected chi connectivity index (χ3v) is 4.64. The van der Waals surface area contributed by atoms with Gasteiger partial charge in [-0.3, -0.25) is 0 Å². The summed E-state index contributed by atoms with van der Waals surface area (Å²) in [6.45, 7) is 6.66. The van der Waals surface area contributed by atoms with E-state index in [1.807, 2.05) is 0 Å². The van der Waals surface area contributed by atoms with Crippen molar-refractivity contribution in [3.8, 4) is 0 Å². The number of benzene rings is 1. The standard InChI is InChI=1S/C11H15BrIN/c1-7(2)8(3)14-9-4-5-10(12)11(13)6-9/h4-8,14H,1-3H3. The molecule has 0 saturated heterocycles. The van der Waals surface area contributed by atoms with Gasteiger partial charge in [0.25, 0.3) is 0 Å². The highest BCUT2D eigenvalue weighted by Gasteiger charge is 2.06. The first-order valence-electron chi connectivity index (χ1n) is 4.72. The Hall–Kier alpha value is 0.230. The van der Waals surface area contributed by atoms with Crippen molar-refractivity contribution in [1.82, 2.24) is 0 Å². The van der Waals surface area contributed by atoms with Gasteiger partial charge in [-0.05, 0) is 69.6 Å². The Labute approximate surface area is 108 Å². The molecule has 3 heteroatoms. The minimum atomic E-state index is 0.506. The predicted molar refractivity (Wildman–Crippen MR) is 74.8 cm³/mol. The van der Waals surface area contributed by atoms with E-state index < -0.39 is 0 Å². The summed E-state index contributed by atoms with van der Waals surface area (Å²) in [6, 6.07) is 6.85. The van der Waals surface area contributed by atoms with Gasteiger partial charge in [0.2, 0.25) is 0 Å². The first kappa shape index (κ1) is 12.3. The van der Waals surface area contributed by atoms with Crippen LogP contribution in [0.1, 0.15) is 20.8 Å². The lowest BCUT2D eigenvalue weighted by molar-refractivity contribution is 0.560. The maximum atomic E-state index is 3.49. The van der Waals surface area contributed by atoms with Crippen molar-refractivity contribution in [3.05, 3.63) is 26.2 Å². The minimum Gasteiger partial charge on any atom is -0.382 e. The maximum Gasteiger partial charge on any atom is 0.0353 e. The van der Waals surface area contributed by atoms with E-state index in [9.17, 15) is 0 Å². The normalized spacial score (nSPS) is 13.0. The zero-order chi connectivity index (χ0) is 10.7. The fourth-order valence-electron chi connectivity index (χ4n) is 1.02. The molecule has 78 valence electrons. The molecule has 1 aromatic rings. The summed E-state index contributed by atoms with van der Waals surface area (Å²) in [5.41, 5.74) is 1.19.